The molecular weight excluding hydrogens is 198 g/mol. The fourth-order valence-corrected chi connectivity index (χ4v) is 2.00. The molecule has 1 atom stereocenters. The van der Waals surface area contributed by atoms with E-state index in [0.29, 0.717) is 0 Å². The Hall–Kier alpha value is -0.590. The summed E-state index contributed by atoms with van der Waals surface area (Å²) in [5.74, 6) is 0. The summed E-state index contributed by atoms with van der Waals surface area (Å²) >= 11 is 0. The molecule has 0 saturated carbocycles. The van der Waals surface area contributed by atoms with Gasteiger partial charge in [0.15, 0.2) is 0 Å². The van der Waals surface area contributed by atoms with Gasteiger partial charge in [-0.3, -0.25) is 4.90 Å². The molecular formula is C13H27N3. The van der Waals surface area contributed by atoms with Gasteiger partial charge in [0.1, 0.15) is 0 Å². The molecule has 1 unspecified atom stereocenters. The number of nitriles is 1. The van der Waals surface area contributed by atoms with Gasteiger partial charge in [0.2, 0.25) is 0 Å². The average Bonchev–Trinajstić information content (AvgIpc) is 2.33. The van der Waals surface area contributed by atoms with Crippen LogP contribution in [-0.4, -0.2) is 48.6 Å². The van der Waals surface area contributed by atoms with Gasteiger partial charge < -0.3 is 4.90 Å². The molecule has 0 bridgehead atoms. The summed E-state index contributed by atoms with van der Waals surface area (Å²) in [6.45, 7) is 14.0. The van der Waals surface area contributed by atoms with Crippen LogP contribution in [0.2, 0.25) is 0 Å². The van der Waals surface area contributed by atoms with Crippen LogP contribution in [0, 0.1) is 11.3 Å². The maximum absolute atomic E-state index is 9.03. The summed E-state index contributed by atoms with van der Waals surface area (Å²) in [7, 11) is 0. The Morgan fingerprint density at radius 3 is 2.00 bits per heavy atom. The van der Waals surface area contributed by atoms with E-state index in [-0.39, 0.29) is 6.04 Å². The average molecular weight is 225 g/mol. The molecule has 0 saturated heterocycles. The van der Waals surface area contributed by atoms with Crippen molar-refractivity contribution in [2.24, 2.45) is 0 Å². The Balaban J connectivity index is 3.91. The fraction of sp³-hybridized carbons (Fsp3) is 0.923. The molecule has 0 aromatic heterocycles. The lowest BCUT2D eigenvalue weighted by molar-refractivity contribution is 0.215. The molecule has 0 aromatic carbocycles. The second-order valence-corrected chi connectivity index (χ2v) is 4.06. The van der Waals surface area contributed by atoms with Gasteiger partial charge in [-0.1, -0.05) is 27.7 Å². The Kier molecular flexibility index (Phi) is 9.27. The Morgan fingerprint density at radius 1 is 1.00 bits per heavy atom. The van der Waals surface area contributed by atoms with E-state index in [4.69, 9.17) is 5.26 Å². The second kappa shape index (κ2) is 9.62. The van der Waals surface area contributed by atoms with Gasteiger partial charge in [0.25, 0.3) is 0 Å². The molecule has 0 aromatic rings. The lowest BCUT2D eigenvalue weighted by Gasteiger charge is -2.26. The summed E-state index contributed by atoms with van der Waals surface area (Å²) in [6.07, 6.45) is 2.09. The summed E-state index contributed by atoms with van der Waals surface area (Å²) in [5, 5.41) is 9.03. The highest BCUT2D eigenvalue weighted by atomic mass is 15.2. The van der Waals surface area contributed by atoms with Gasteiger partial charge in [-0.05, 0) is 39.0 Å². The second-order valence-electron chi connectivity index (χ2n) is 4.06. The maximum atomic E-state index is 9.03. The summed E-state index contributed by atoms with van der Waals surface area (Å²) in [4.78, 5) is 4.71. The Morgan fingerprint density at radius 2 is 1.62 bits per heavy atom. The van der Waals surface area contributed by atoms with Crippen molar-refractivity contribution >= 4 is 0 Å². The van der Waals surface area contributed by atoms with E-state index in [1.807, 2.05) is 0 Å². The van der Waals surface area contributed by atoms with Crippen molar-refractivity contribution in [3.05, 3.63) is 0 Å². The highest BCUT2D eigenvalue weighted by Crippen LogP contribution is 2.04. The standard InChI is InChI=1S/C13H27N3/c1-5-13(12-14)16(8-4)11-9-10-15(6-2)7-3/h13H,5-11H2,1-4H3. The molecule has 3 heteroatoms. The fourth-order valence-electron chi connectivity index (χ4n) is 2.00. The Labute approximate surface area is 101 Å². The number of nitrogens with zero attached hydrogens (tertiary/aromatic N) is 3. The summed E-state index contributed by atoms with van der Waals surface area (Å²) < 4.78 is 0. The molecule has 0 spiro atoms. The third-order valence-electron chi connectivity index (χ3n) is 3.20. The van der Waals surface area contributed by atoms with Crippen molar-refractivity contribution < 1.29 is 0 Å². The van der Waals surface area contributed by atoms with Crippen LogP contribution in [0.25, 0.3) is 0 Å². The van der Waals surface area contributed by atoms with E-state index in [2.05, 4.69) is 43.6 Å². The largest absolute Gasteiger partial charge is 0.304 e. The molecule has 94 valence electrons. The minimum Gasteiger partial charge on any atom is -0.304 e. The minimum atomic E-state index is 0.0988. The van der Waals surface area contributed by atoms with E-state index in [0.717, 1.165) is 45.6 Å². The number of rotatable bonds is 9. The predicted octanol–water partition coefficient (Wildman–Crippen LogP) is 2.34. The molecule has 0 heterocycles. The van der Waals surface area contributed by atoms with Crippen molar-refractivity contribution in [1.82, 2.24) is 9.80 Å². The zero-order valence-electron chi connectivity index (χ0n) is 11.4. The van der Waals surface area contributed by atoms with E-state index in [9.17, 15) is 0 Å². The zero-order valence-corrected chi connectivity index (χ0v) is 11.4. The van der Waals surface area contributed by atoms with Crippen molar-refractivity contribution in [1.29, 1.82) is 5.26 Å². The van der Waals surface area contributed by atoms with Gasteiger partial charge >= 0.3 is 0 Å². The van der Waals surface area contributed by atoms with E-state index >= 15 is 0 Å². The lowest BCUT2D eigenvalue weighted by atomic mass is 10.2. The molecule has 0 aliphatic heterocycles. The van der Waals surface area contributed by atoms with E-state index < -0.39 is 0 Å². The number of hydrogen-bond donors (Lipinski definition) is 0. The molecule has 0 rings (SSSR count). The van der Waals surface area contributed by atoms with Crippen LogP contribution < -0.4 is 0 Å². The highest BCUT2D eigenvalue weighted by Gasteiger charge is 2.13. The van der Waals surface area contributed by atoms with Crippen LogP contribution in [-0.2, 0) is 0 Å². The van der Waals surface area contributed by atoms with Crippen LogP contribution in [0.4, 0.5) is 0 Å². The molecule has 0 radical (unpaired) electrons. The van der Waals surface area contributed by atoms with Gasteiger partial charge in [-0.2, -0.15) is 5.26 Å². The molecule has 0 aliphatic carbocycles. The number of hydrogen-bond acceptors (Lipinski definition) is 3. The lowest BCUT2D eigenvalue weighted by Crippen LogP contribution is -2.36. The van der Waals surface area contributed by atoms with Gasteiger partial charge in [0, 0.05) is 6.54 Å². The monoisotopic (exact) mass is 225 g/mol. The zero-order chi connectivity index (χ0) is 12.4. The van der Waals surface area contributed by atoms with Crippen LogP contribution in [0.15, 0.2) is 0 Å². The smallest absolute Gasteiger partial charge is 0.0975 e. The van der Waals surface area contributed by atoms with Gasteiger partial charge in [-0.25, -0.2) is 0 Å². The van der Waals surface area contributed by atoms with Crippen LogP contribution in [0.5, 0.6) is 0 Å². The first-order valence-corrected chi connectivity index (χ1v) is 6.59. The minimum absolute atomic E-state index is 0.0988. The first-order valence-electron chi connectivity index (χ1n) is 6.59. The Bertz CT molecular complexity index is 194. The summed E-state index contributed by atoms with van der Waals surface area (Å²) in [5.41, 5.74) is 0. The van der Waals surface area contributed by atoms with E-state index in [1.54, 1.807) is 0 Å². The summed E-state index contributed by atoms with van der Waals surface area (Å²) in [6, 6.07) is 2.48. The third kappa shape index (κ3) is 5.48. The highest BCUT2D eigenvalue weighted by molar-refractivity contribution is 4.90. The van der Waals surface area contributed by atoms with Crippen molar-refractivity contribution in [2.75, 3.05) is 32.7 Å². The van der Waals surface area contributed by atoms with Crippen LogP contribution >= 0.6 is 0 Å². The predicted molar refractivity (Wildman–Crippen MR) is 69.3 cm³/mol. The van der Waals surface area contributed by atoms with Gasteiger partial charge in [-0.15, -0.1) is 0 Å². The molecule has 3 nitrogen and oxygen atoms in total. The van der Waals surface area contributed by atoms with E-state index in [1.165, 1.54) is 0 Å². The van der Waals surface area contributed by atoms with Crippen LogP contribution in [0.3, 0.4) is 0 Å². The van der Waals surface area contributed by atoms with Crippen molar-refractivity contribution in [3.8, 4) is 6.07 Å². The molecule has 0 fully saturated rings. The third-order valence-corrected chi connectivity index (χ3v) is 3.20. The molecule has 0 amide bonds. The van der Waals surface area contributed by atoms with Crippen molar-refractivity contribution in [2.45, 2.75) is 46.6 Å². The first-order chi connectivity index (χ1) is 7.73. The van der Waals surface area contributed by atoms with Crippen LogP contribution in [0.1, 0.15) is 40.5 Å². The first kappa shape index (κ1) is 15.4. The topological polar surface area (TPSA) is 30.3 Å². The van der Waals surface area contributed by atoms with Crippen molar-refractivity contribution in [3.63, 3.8) is 0 Å². The quantitative estimate of drug-likeness (QED) is 0.603. The van der Waals surface area contributed by atoms with Gasteiger partial charge in [0.05, 0.1) is 12.1 Å². The molecule has 16 heavy (non-hydrogen) atoms. The normalized spacial score (nSPS) is 13.1. The molecule has 0 aliphatic rings. The SMILES string of the molecule is CCC(C#N)N(CC)CCCN(CC)CC. The molecule has 0 N–H and O–H groups in total. The maximum Gasteiger partial charge on any atom is 0.0975 e.